The summed E-state index contributed by atoms with van der Waals surface area (Å²) in [6.45, 7) is -0.0591. The van der Waals surface area contributed by atoms with Crippen molar-refractivity contribution in [1.82, 2.24) is 10.6 Å². The summed E-state index contributed by atoms with van der Waals surface area (Å²) in [4.78, 5) is 25.1. The highest BCUT2D eigenvalue weighted by Gasteiger charge is 2.20. The van der Waals surface area contributed by atoms with Crippen LogP contribution in [0.3, 0.4) is 0 Å². The minimum atomic E-state index is -1.03. The largest absolute Gasteiger partial charge is 0.387 e. The van der Waals surface area contributed by atoms with E-state index >= 15 is 0 Å². The Labute approximate surface area is 174 Å². The maximum Gasteiger partial charge on any atom is 0.251 e. The molecule has 3 rings (SSSR count). The maximum absolute atomic E-state index is 13.3. The van der Waals surface area contributed by atoms with E-state index in [1.165, 1.54) is 18.2 Å². The van der Waals surface area contributed by atoms with Crippen molar-refractivity contribution in [3.8, 4) is 0 Å². The van der Waals surface area contributed by atoms with Gasteiger partial charge in [-0.15, -0.1) is 0 Å². The Morgan fingerprint density at radius 3 is 2.17 bits per heavy atom. The Balaban J connectivity index is 1.64. The van der Waals surface area contributed by atoms with E-state index in [1.807, 2.05) is 36.4 Å². The highest BCUT2D eigenvalue weighted by Crippen LogP contribution is 2.18. The summed E-state index contributed by atoms with van der Waals surface area (Å²) in [6.07, 6.45) is -1.03. The quantitative estimate of drug-likeness (QED) is 0.535. The molecule has 0 heterocycles. The molecule has 0 aliphatic carbocycles. The number of carbonyl (C=O) groups is 2. The van der Waals surface area contributed by atoms with Gasteiger partial charge in [0.1, 0.15) is 5.82 Å². The average molecular weight is 406 g/mol. The number of hydrogen-bond donors (Lipinski definition) is 3. The molecule has 0 fully saturated rings. The van der Waals surface area contributed by atoms with Crippen molar-refractivity contribution < 1.29 is 19.1 Å². The molecule has 3 N–H and O–H groups in total. The molecule has 154 valence electrons. The van der Waals surface area contributed by atoms with E-state index in [4.69, 9.17) is 0 Å². The first-order valence-electron chi connectivity index (χ1n) is 9.64. The van der Waals surface area contributed by atoms with Crippen molar-refractivity contribution in [2.24, 2.45) is 0 Å². The number of carbonyl (C=O) groups excluding carboxylic acids is 2. The fourth-order valence-electron chi connectivity index (χ4n) is 3.07. The van der Waals surface area contributed by atoms with Gasteiger partial charge >= 0.3 is 0 Å². The minimum absolute atomic E-state index is 0.00153. The predicted molar refractivity (Wildman–Crippen MR) is 112 cm³/mol. The van der Waals surface area contributed by atoms with Crippen molar-refractivity contribution in [3.05, 3.63) is 107 Å². The van der Waals surface area contributed by atoms with E-state index in [9.17, 15) is 19.1 Å². The summed E-state index contributed by atoms with van der Waals surface area (Å²) in [5.41, 5.74) is 1.68. The Morgan fingerprint density at radius 2 is 1.50 bits per heavy atom. The molecule has 5 nitrogen and oxygen atoms in total. The van der Waals surface area contributed by atoms with E-state index in [1.54, 1.807) is 30.3 Å². The lowest BCUT2D eigenvalue weighted by Crippen LogP contribution is -2.35. The summed E-state index contributed by atoms with van der Waals surface area (Å²) >= 11 is 0. The second kappa shape index (κ2) is 10.3. The SMILES string of the molecule is O=C(CC(NC(=O)c1ccccc1)c1ccccc1)NCC(O)c1cccc(F)c1. The molecule has 0 aromatic heterocycles. The fraction of sp³-hybridized carbons (Fsp3) is 0.167. The molecule has 0 aliphatic rings. The van der Waals surface area contributed by atoms with Gasteiger partial charge in [0.25, 0.3) is 5.91 Å². The van der Waals surface area contributed by atoms with Crippen LogP contribution in [0.5, 0.6) is 0 Å². The predicted octanol–water partition coefficient (Wildman–Crippen LogP) is 3.54. The zero-order chi connectivity index (χ0) is 21.3. The van der Waals surface area contributed by atoms with E-state index in [0.29, 0.717) is 11.1 Å². The highest BCUT2D eigenvalue weighted by molar-refractivity contribution is 5.94. The Bertz CT molecular complexity index is 980. The number of nitrogens with one attached hydrogen (secondary N) is 2. The molecular formula is C24H23FN2O3. The zero-order valence-electron chi connectivity index (χ0n) is 16.3. The van der Waals surface area contributed by atoms with Gasteiger partial charge in [0.05, 0.1) is 18.6 Å². The van der Waals surface area contributed by atoms with Gasteiger partial charge in [-0.05, 0) is 35.4 Å². The first kappa shape index (κ1) is 21.2. The van der Waals surface area contributed by atoms with Crippen LogP contribution in [0.2, 0.25) is 0 Å². The molecule has 6 heteroatoms. The molecule has 0 saturated heterocycles. The molecule has 0 saturated carbocycles. The summed E-state index contributed by atoms with van der Waals surface area (Å²) in [5.74, 6) is -1.07. The summed E-state index contributed by atoms with van der Waals surface area (Å²) in [6, 6.07) is 23.0. The number of halogens is 1. The van der Waals surface area contributed by atoms with E-state index in [2.05, 4.69) is 10.6 Å². The summed E-state index contributed by atoms with van der Waals surface area (Å²) in [7, 11) is 0. The molecule has 2 unspecified atom stereocenters. The van der Waals surface area contributed by atoms with Crippen LogP contribution in [0.15, 0.2) is 84.9 Å². The van der Waals surface area contributed by atoms with Crippen LogP contribution >= 0.6 is 0 Å². The van der Waals surface area contributed by atoms with Gasteiger partial charge in [0.2, 0.25) is 5.91 Å². The van der Waals surface area contributed by atoms with Gasteiger partial charge in [0.15, 0.2) is 0 Å². The summed E-state index contributed by atoms with van der Waals surface area (Å²) in [5, 5.41) is 15.7. The van der Waals surface area contributed by atoms with Crippen molar-refractivity contribution in [1.29, 1.82) is 0 Å². The molecule has 0 spiro atoms. The van der Waals surface area contributed by atoms with Crippen LogP contribution in [-0.2, 0) is 4.79 Å². The lowest BCUT2D eigenvalue weighted by molar-refractivity contribution is -0.122. The van der Waals surface area contributed by atoms with Crippen molar-refractivity contribution in [2.75, 3.05) is 6.54 Å². The van der Waals surface area contributed by atoms with Crippen LogP contribution in [0.1, 0.15) is 40.1 Å². The van der Waals surface area contributed by atoms with Gasteiger partial charge < -0.3 is 15.7 Å². The van der Waals surface area contributed by atoms with Crippen LogP contribution < -0.4 is 10.6 Å². The number of benzene rings is 3. The van der Waals surface area contributed by atoms with Crippen LogP contribution in [-0.4, -0.2) is 23.5 Å². The highest BCUT2D eigenvalue weighted by atomic mass is 19.1. The van der Waals surface area contributed by atoms with Crippen molar-refractivity contribution in [2.45, 2.75) is 18.6 Å². The average Bonchev–Trinajstić information content (AvgIpc) is 2.78. The Morgan fingerprint density at radius 1 is 0.867 bits per heavy atom. The maximum atomic E-state index is 13.3. The van der Waals surface area contributed by atoms with Gasteiger partial charge in [-0.3, -0.25) is 9.59 Å². The first-order valence-corrected chi connectivity index (χ1v) is 9.64. The second-order valence-corrected chi connectivity index (χ2v) is 6.88. The molecule has 2 atom stereocenters. The number of rotatable bonds is 8. The first-order chi connectivity index (χ1) is 14.5. The zero-order valence-corrected chi connectivity index (χ0v) is 16.3. The van der Waals surface area contributed by atoms with Gasteiger partial charge in [-0.1, -0.05) is 60.7 Å². The number of amides is 2. The second-order valence-electron chi connectivity index (χ2n) is 6.88. The van der Waals surface area contributed by atoms with Crippen LogP contribution in [0.4, 0.5) is 4.39 Å². The molecular weight excluding hydrogens is 383 g/mol. The Kier molecular flexibility index (Phi) is 7.29. The van der Waals surface area contributed by atoms with Crippen molar-refractivity contribution >= 4 is 11.8 Å². The van der Waals surface area contributed by atoms with Gasteiger partial charge in [-0.25, -0.2) is 4.39 Å². The molecule has 0 aliphatic heterocycles. The van der Waals surface area contributed by atoms with E-state index < -0.39 is 18.0 Å². The molecule has 30 heavy (non-hydrogen) atoms. The molecule has 0 radical (unpaired) electrons. The number of aliphatic hydroxyl groups is 1. The molecule has 3 aromatic rings. The molecule has 2 amide bonds. The molecule has 3 aromatic carbocycles. The number of aliphatic hydroxyl groups excluding tert-OH is 1. The van der Waals surface area contributed by atoms with Crippen LogP contribution in [0.25, 0.3) is 0 Å². The fourth-order valence-corrected chi connectivity index (χ4v) is 3.07. The third kappa shape index (κ3) is 5.99. The smallest absolute Gasteiger partial charge is 0.251 e. The lowest BCUT2D eigenvalue weighted by Gasteiger charge is -2.20. The number of hydrogen-bond acceptors (Lipinski definition) is 3. The van der Waals surface area contributed by atoms with E-state index in [-0.39, 0.29) is 24.8 Å². The van der Waals surface area contributed by atoms with Gasteiger partial charge in [-0.2, -0.15) is 0 Å². The lowest BCUT2D eigenvalue weighted by atomic mass is 10.0. The van der Waals surface area contributed by atoms with Gasteiger partial charge in [0, 0.05) is 12.1 Å². The summed E-state index contributed by atoms with van der Waals surface area (Å²) < 4.78 is 13.3. The normalized spacial score (nSPS) is 12.6. The standard InChI is InChI=1S/C24H23FN2O3/c25-20-13-7-12-19(14-20)22(28)16-26-23(29)15-21(17-8-3-1-4-9-17)27-24(30)18-10-5-2-6-11-18/h1-14,21-22,28H,15-16H2,(H,26,29)(H,27,30). The van der Waals surface area contributed by atoms with Crippen molar-refractivity contribution in [3.63, 3.8) is 0 Å². The third-order valence-electron chi connectivity index (χ3n) is 4.66. The third-order valence-corrected chi connectivity index (χ3v) is 4.66. The monoisotopic (exact) mass is 406 g/mol. The minimum Gasteiger partial charge on any atom is -0.387 e. The van der Waals surface area contributed by atoms with E-state index in [0.717, 1.165) is 5.56 Å². The van der Waals surface area contributed by atoms with Crippen LogP contribution in [0, 0.1) is 5.82 Å². The Hall–Kier alpha value is -3.51. The topological polar surface area (TPSA) is 78.4 Å². The molecule has 0 bridgehead atoms.